The molecule has 0 aromatic heterocycles. The van der Waals surface area contributed by atoms with Crippen molar-refractivity contribution in [3.05, 3.63) is 59.7 Å². The second-order valence-corrected chi connectivity index (χ2v) is 6.42. The highest BCUT2D eigenvalue weighted by Crippen LogP contribution is 2.21. The number of amides is 1. The molecule has 29 heavy (non-hydrogen) atoms. The van der Waals surface area contributed by atoms with Crippen molar-refractivity contribution in [3.63, 3.8) is 0 Å². The minimum atomic E-state index is -0.511. The normalized spacial score (nSPS) is 11.4. The van der Waals surface area contributed by atoms with Crippen molar-refractivity contribution in [2.45, 2.75) is 39.7 Å². The van der Waals surface area contributed by atoms with Gasteiger partial charge in [-0.05, 0) is 55.7 Å². The van der Waals surface area contributed by atoms with Crippen molar-refractivity contribution < 1.29 is 23.8 Å². The number of carbonyl (C=O) groups is 2. The highest BCUT2D eigenvalue weighted by molar-refractivity contribution is 5.79. The lowest BCUT2D eigenvalue weighted by molar-refractivity contribution is -0.143. The van der Waals surface area contributed by atoms with E-state index in [1.807, 2.05) is 55.5 Å². The Bertz CT molecular complexity index is 771. The lowest BCUT2D eigenvalue weighted by Gasteiger charge is -2.19. The van der Waals surface area contributed by atoms with Crippen molar-refractivity contribution in [3.8, 4) is 11.5 Å². The lowest BCUT2D eigenvalue weighted by Crippen LogP contribution is -2.34. The van der Waals surface area contributed by atoms with E-state index < -0.39 is 6.04 Å². The lowest BCUT2D eigenvalue weighted by atomic mass is 10.0. The Morgan fingerprint density at radius 1 is 0.862 bits per heavy atom. The maximum absolute atomic E-state index is 12.4. The highest BCUT2D eigenvalue weighted by Gasteiger charge is 2.20. The molecule has 1 atom stereocenters. The maximum atomic E-state index is 12.4. The number of aryl methyl sites for hydroxylation is 1. The Balaban J connectivity index is 2.00. The molecule has 0 saturated carbocycles. The molecule has 0 fully saturated rings. The minimum Gasteiger partial charge on any atom is -0.494 e. The Kier molecular flexibility index (Phi) is 9.02. The van der Waals surface area contributed by atoms with Crippen molar-refractivity contribution in [1.82, 2.24) is 5.32 Å². The van der Waals surface area contributed by atoms with E-state index >= 15 is 0 Å². The molecule has 0 aliphatic rings. The van der Waals surface area contributed by atoms with Crippen LogP contribution in [0.25, 0.3) is 0 Å². The molecule has 1 amide bonds. The molecule has 0 aliphatic heterocycles. The van der Waals surface area contributed by atoms with Crippen molar-refractivity contribution in [2.75, 3.05) is 19.8 Å². The monoisotopic (exact) mass is 399 g/mol. The Morgan fingerprint density at radius 3 is 2.07 bits per heavy atom. The van der Waals surface area contributed by atoms with Crippen LogP contribution in [-0.2, 0) is 20.7 Å². The molecule has 2 rings (SSSR count). The van der Waals surface area contributed by atoms with Crippen LogP contribution in [0.3, 0.4) is 0 Å². The summed E-state index contributed by atoms with van der Waals surface area (Å²) in [7, 11) is 0. The smallest absolute Gasteiger partial charge is 0.308 e. The van der Waals surface area contributed by atoms with Gasteiger partial charge in [0.1, 0.15) is 11.5 Å². The first-order chi connectivity index (χ1) is 14.0. The van der Waals surface area contributed by atoms with Gasteiger partial charge in [0.15, 0.2) is 6.61 Å². The highest BCUT2D eigenvalue weighted by atomic mass is 16.5. The van der Waals surface area contributed by atoms with Gasteiger partial charge >= 0.3 is 5.97 Å². The van der Waals surface area contributed by atoms with E-state index in [0.29, 0.717) is 19.0 Å². The standard InChI is InChI=1S/C23H29NO5/c1-4-17-7-11-20(12-8-17)29-16-22(25)24-21(15-23(26)28-6-3)18-9-13-19(14-10-18)27-5-2/h7-14,21H,4-6,15-16H2,1-3H3,(H,24,25). The first kappa shape index (κ1) is 22.3. The molecule has 0 saturated heterocycles. The van der Waals surface area contributed by atoms with Gasteiger partial charge in [-0.1, -0.05) is 31.2 Å². The van der Waals surface area contributed by atoms with Crippen LogP contribution in [0.4, 0.5) is 0 Å². The van der Waals surface area contributed by atoms with Crippen molar-refractivity contribution >= 4 is 11.9 Å². The van der Waals surface area contributed by atoms with Gasteiger partial charge in [0.25, 0.3) is 5.91 Å². The average molecular weight is 399 g/mol. The van der Waals surface area contributed by atoms with Gasteiger partial charge in [-0.15, -0.1) is 0 Å². The molecule has 6 heteroatoms. The fraction of sp³-hybridized carbons (Fsp3) is 0.391. The largest absolute Gasteiger partial charge is 0.494 e. The molecule has 0 spiro atoms. The Hall–Kier alpha value is -3.02. The molecule has 0 aliphatic carbocycles. The molecular formula is C23H29NO5. The molecule has 2 aromatic carbocycles. The van der Waals surface area contributed by atoms with Gasteiger partial charge < -0.3 is 19.5 Å². The number of hydrogen-bond donors (Lipinski definition) is 1. The van der Waals surface area contributed by atoms with E-state index in [1.54, 1.807) is 6.92 Å². The number of carbonyl (C=O) groups excluding carboxylic acids is 2. The molecule has 1 unspecified atom stereocenters. The summed E-state index contributed by atoms with van der Waals surface area (Å²) < 4.78 is 16.0. The van der Waals surface area contributed by atoms with E-state index in [1.165, 1.54) is 5.56 Å². The van der Waals surface area contributed by atoms with Crippen LogP contribution in [0.2, 0.25) is 0 Å². The molecule has 1 N–H and O–H groups in total. The summed E-state index contributed by atoms with van der Waals surface area (Å²) in [5.41, 5.74) is 1.99. The summed E-state index contributed by atoms with van der Waals surface area (Å²) in [4.78, 5) is 24.4. The van der Waals surface area contributed by atoms with Crippen LogP contribution < -0.4 is 14.8 Å². The second-order valence-electron chi connectivity index (χ2n) is 6.42. The van der Waals surface area contributed by atoms with Gasteiger partial charge in [0.2, 0.25) is 0 Å². The first-order valence-corrected chi connectivity index (χ1v) is 9.95. The summed E-state index contributed by atoms with van der Waals surface area (Å²) in [6.45, 7) is 6.46. The third kappa shape index (κ3) is 7.49. The predicted molar refractivity (Wildman–Crippen MR) is 111 cm³/mol. The number of rotatable bonds is 11. The molecule has 156 valence electrons. The van der Waals surface area contributed by atoms with Crippen LogP contribution in [-0.4, -0.2) is 31.7 Å². The topological polar surface area (TPSA) is 73.9 Å². The van der Waals surface area contributed by atoms with E-state index in [4.69, 9.17) is 14.2 Å². The van der Waals surface area contributed by atoms with Crippen LogP contribution in [0.1, 0.15) is 44.4 Å². The third-order valence-corrected chi connectivity index (χ3v) is 4.31. The van der Waals surface area contributed by atoms with E-state index in [2.05, 4.69) is 12.2 Å². The molecule has 0 radical (unpaired) electrons. The van der Waals surface area contributed by atoms with Gasteiger partial charge in [0.05, 0.1) is 25.7 Å². The van der Waals surface area contributed by atoms with E-state index in [9.17, 15) is 9.59 Å². The summed E-state index contributed by atoms with van der Waals surface area (Å²) in [5.74, 6) is 0.673. The van der Waals surface area contributed by atoms with Crippen molar-refractivity contribution in [2.24, 2.45) is 0 Å². The zero-order valence-electron chi connectivity index (χ0n) is 17.3. The fourth-order valence-electron chi connectivity index (χ4n) is 2.81. The van der Waals surface area contributed by atoms with Crippen LogP contribution >= 0.6 is 0 Å². The van der Waals surface area contributed by atoms with Gasteiger partial charge in [0, 0.05) is 0 Å². The van der Waals surface area contributed by atoms with Crippen LogP contribution in [0, 0.1) is 0 Å². The molecular weight excluding hydrogens is 370 g/mol. The van der Waals surface area contributed by atoms with E-state index in [0.717, 1.165) is 17.7 Å². The number of ether oxygens (including phenoxy) is 3. The Labute approximate surface area is 172 Å². The number of benzene rings is 2. The summed E-state index contributed by atoms with van der Waals surface area (Å²) >= 11 is 0. The molecule has 6 nitrogen and oxygen atoms in total. The van der Waals surface area contributed by atoms with Gasteiger partial charge in [-0.25, -0.2) is 0 Å². The summed E-state index contributed by atoms with van der Waals surface area (Å²) in [6, 6.07) is 14.4. The van der Waals surface area contributed by atoms with Gasteiger partial charge in [-0.2, -0.15) is 0 Å². The summed E-state index contributed by atoms with van der Waals surface area (Å²) in [6.07, 6.45) is 0.983. The summed E-state index contributed by atoms with van der Waals surface area (Å²) in [5, 5.41) is 2.86. The van der Waals surface area contributed by atoms with Gasteiger partial charge in [-0.3, -0.25) is 9.59 Å². The SMILES string of the molecule is CCOC(=O)CC(NC(=O)COc1ccc(CC)cc1)c1ccc(OCC)cc1. The zero-order chi connectivity index (χ0) is 21.1. The van der Waals surface area contributed by atoms with Crippen molar-refractivity contribution in [1.29, 1.82) is 0 Å². The Morgan fingerprint density at radius 2 is 1.48 bits per heavy atom. The molecule has 0 bridgehead atoms. The minimum absolute atomic E-state index is 0.0404. The molecule has 0 heterocycles. The quantitative estimate of drug-likeness (QED) is 0.581. The fourth-order valence-corrected chi connectivity index (χ4v) is 2.81. The second kappa shape index (κ2) is 11.7. The van der Waals surface area contributed by atoms with Crippen LogP contribution in [0.15, 0.2) is 48.5 Å². The van der Waals surface area contributed by atoms with Crippen LogP contribution in [0.5, 0.6) is 11.5 Å². The number of nitrogens with one attached hydrogen (secondary N) is 1. The van der Waals surface area contributed by atoms with E-state index in [-0.39, 0.29) is 24.9 Å². The third-order valence-electron chi connectivity index (χ3n) is 4.31. The average Bonchev–Trinajstić information content (AvgIpc) is 2.73. The zero-order valence-corrected chi connectivity index (χ0v) is 17.3. The number of hydrogen-bond acceptors (Lipinski definition) is 5. The molecule has 2 aromatic rings. The first-order valence-electron chi connectivity index (χ1n) is 9.95. The maximum Gasteiger partial charge on any atom is 0.308 e. The predicted octanol–water partition coefficient (Wildman–Crippen LogP) is 3.84. The number of esters is 1.